The third kappa shape index (κ3) is 3.23. The lowest BCUT2D eigenvalue weighted by Crippen LogP contribution is -2.06. The molecule has 0 aromatic heterocycles. The predicted molar refractivity (Wildman–Crippen MR) is 69.8 cm³/mol. The van der Waals surface area contributed by atoms with E-state index >= 15 is 0 Å². The topological polar surface area (TPSA) is 47.3 Å². The lowest BCUT2D eigenvalue weighted by atomic mass is 10.1. The van der Waals surface area contributed by atoms with Crippen molar-refractivity contribution in [3.63, 3.8) is 0 Å². The van der Waals surface area contributed by atoms with Crippen LogP contribution in [-0.4, -0.2) is 0 Å². The number of nitrogens with two attached hydrogens (primary N) is 1. The molecular formula is C14H16N2O. The summed E-state index contributed by atoms with van der Waals surface area (Å²) in [6.07, 6.45) is 0. The van der Waals surface area contributed by atoms with Crippen LogP contribution in [0.25, 0.3) is 0 Å². The summed E-state index contributed by atoms with van der Waals surface area (Å²) in [5.74, 6) is 6.15. The Labute approximate surface area is 101 Å². The molecule has 0 saturated heterocycles. The summed E-state index contributed by atoms with van der Waals surface area (Å²) in [7, 11) is 0. The Balaban J connectivity index is 2.02. The minimum atomic E-state index is 0.565. The molecule has 2 rings (SSSR count). The van der Waals surface area contributed by atoms with E-state index in [1.165, 1.54) is 5.56 Å². The number of rotatable bonds is 4. The van der Waals surface area contributed by atoms with Gasteiger partial charge in [0.1, 0.15) is 12.4 Å². The first-order chi connectivity index (χ1) is 8.28. The van der Waals surface area contributed by atoms with Gasteiger partial charge in [-0.15, -0.1) is 0 Å². The number of nitrogen functional groups attached to an aromatic ring is 1. The van der Waals surface area contributed by atoms with E-state index in [-0.39, 0.29) is 0 Å². The van der Waals surface area contributed by atoms with Gasteiger partial charge in [-0.1, -0.05) is 35.9 Å². The first-order valence-electron chi connectivity index (χ1n) is 5.53. The van der Waals surface area contributed by atoms with Gasteiger partial charge < -0.3 is 10.2 Å². The number of hydrogen-bond acceptors (Lipinski definition) is 3. The molecule has 0 amide bonds. The molecule has 0 heterocycles. The fourth-order valence-corrected chi connectivity index (χ4v) is 1.64. The van der Waals surface area contributed by atoms with Crippen molar-refractivity contribution in [3.8, 4) is 5.75 Å². The molecule has 3 N–H and O–H groups in total. The number of benzene rings is 2. The summed E-state index contributed by atoms with van der Waals surface area (Å²) < 4.78 is 5.69. The van der Waals surface area contributed by atoms with E-state index in [0.717, 1.165) is 17.0 Å². The predicted octanol–water partition coefficient (Wildman–Crippen LogP) is 2.86. The van der Waals surface area contributed by atoms with E-state index in [1.54, 1.807) is 0 Å². The second-order valence-electron chi connectivity index (χ2n) is 3.95. The van der Waals surface area contributed by atoms with Gasteiger partial charge in [0.2, 0.25) is 0 Å². The SMILES string of the molecule is Cc1cccc(COc2cccc(NN)c2)c1. The normalized spacial score (nSPS) is 10.0. The van der Waals surface area contributed by atoms with Gasteiger partial charge in [0.05, 0.1) is 5.69 Å². The average Bonchev–Trinajstić information content (AvgIpc) is 2.37. The van der Waals surface area contributed by atoms with Gasteiger partial charge in [-0.25, -0.2) is 0 Å². The largest absolute Gasteiger partial charge is 0.489 e. The number of hydrogen-bond donors (Lipinski definition) is 2. The average molecular weight is 228 g/mol. The van der Waals surface area contributed by atoms with Crippen LogP contribution in [-0.2, 0) is 6.61 Å². The highest BCUT2D eigenvalue weighted by Gasteiger charge is 1.97. The monoisotopic (exact) mass is 228 g/mol. The van der Waals surface area contributed by atoms with E-state index in [0.29, 0.717) is 6.61 Å². The standard InChI is InChI=1S/C14H16N2O/c1-11-4-2-5-12(8-11)10-17-14-7-3-6-13(9-14)16-15/h2-9,16H,10,15H2,1H3. The minimum absolute atomic E-state index is 0.565. The molecular weight excluding hydrogens is 212 g/mol. The zero-order valence-corrected chi connectivity index (χ0v) is 9.81. The maximum atomic E-state index is 5.69. The molecule has 2 aromatic rings. The molecule has 3 nitrogen and oxygen atoms in total. The first-order valence-corrected chi connectivity index (χ1v) is 5.53. The summed E-state index contributed by atoms with van der Waals surface area (Å²) >= 11 is 0. The van der Waals surface area contributed by atoms with Gasteiger partial charge in [-0.2, -0.15) is 0 Å². The summed E-state index contributed by atoms with van der Waals surface area (Å²) in [4.78, 5) is 0. The highest BCUT2D eigenvalue weighted by atomic mass is 16.5. The zero-order chi connectivity index (χ0) is 12.1. The number of ether oxygens (including phenoxy) is 1. The Morgan fingerprint density at radius 2 is 1.94 bits per heavy atom. The molecule has 0 aliphatic rings. The van der Waals surface area contributed by atoms with Crippen molar-refractivity contribution in [1.29, 1.82) is 0 Å². The van der Waals surface area contributed by atoms with Crippen LogP contribution >= 0.6 is 0 Å². The minimum Gasteiger partial charge on any atom is -0.489 e. The van der Waals surface area contributed by atoms with Crippen molar-refractivity contribution in [2.24, 2.45) is 5.84 Å². The number of anilines is 1. The van der Waals surface area contributed by atoms with Crippen molar-refractivity contribution in [3.05, 3.63) is 59.7 Å². The van der Waals surface area contributed by atoms with E-state index in [2.05, 4.69) is 30.5 Å². The van der Waals surface area contributed by atoms with Crippen LogP contribution in [0.1, 0.15) is 11.1 Å². The molecule has 0 bridgehead atoms. The molecule has 0 radical (unpaired) electrons. The maximum absolute atomic E-state index is 5.69. The lowest BCUT2D eigenvalue weighted by Gasteiger charge is -2.08. The van der Waals surface area contributed by atoms with Crippen molar-refractivity contribution >= 4 is 5.69 Å². The molecule has 0 spiro atoms. The van der Waals surface area contributed by atoms with Crippen molar-refractivity contribution in [2.75, 3.05) is 5.43 Å². The van der Waals surface area contributed by atoms with Gasteiger partial charge >= 0.3 is 0 Å². The quantitative estimate of drug-likeness (QED) is 0.625. The first kappa shape index (κ1) is 11.5. The molecule has 0 saturated carbocycles. The van der Waals surface area contributed by atoms with Crippen molar-refractivity contribution in [1.82, 2.24) is 0 Å². The van der Waals surface area contributed by atoms with E-state index in [1.807, 2.05) is 30.3 Å². The van der Waals surface area contributed by atoms with E-state index in [9.17, 15) is 0 Å². The fraction of sp³-hybridized carbons (Fsp3) is 0.143. The van der Waals surface area contributed by atoms with Crippen molar-refractivity contribution < 1.29 is 4.74 Å². The Kier molecular flexibility index (Phi) is 3.62. The molecule has 17 heavy (non-hydrogen) atoms. The molecule has 0 unspecified atom stereocenters. The Morgan fingerprint density at radius 1 is 1.12 bits per heavy atom. The van der Waals surface area contributed by atoms with Gasteiger partial charge in [-0.05, 0) is 24.6 Å². The molecule has 88 valence electrons. The third-order valence-electron chi connectivity index (χ3n) is 2.49. The fourth-order valence-electron chi connectivity index (χ4n) is 1.64. The summed E-state index contributed by atoms with van der Waals surface area (Å²) in [6, 6.07) is 15.9. The summed E-state index contributed by atoms with van der Waals surface area (Å²) in [5.41, 5.74) is 5.84. The summed E-state index contributed by atoms with van der Waals surface area (Å²) in [5, 5.41) is 0. The molecule has 0 aliphatic carbocycles. The number of hydrazine groups is 1. The van der Waals surface area contributed by atoms with Gasteiger partial charge in [0.15, 0.2) is 0 Å². The third-order valence-corrected chi connectivity index (χ3v) is 2.49. The molecule has 0 aliphatic heterocycles. The van der Waals surface area contributed by atoms with Crippen molar-refractivity contribution in [2.45, 2.75) is 13.5 Å². The van der Waals surface area contributed by atoms with Crippen LogP contribution < -0.4 is 16.0 Å². The smallest absolute Gasteiger partial charge is 0.121 e. The van der Waals surface area contributed by atoms with Gasteiger partial charge in [0.25, 0.3) is 0 Å². The van der Waals surface area contributed by atoms with Gasteiger partial charge in [0, 0.05) is 6.07 Å². The molecule has 0 atom stereocenters. The van der Waals surface area contributed by atoms with Crippen LogP contribution in [0, 0.1) is 6.92 Å². The number of nitrogens with one attached hydrogen (secondary N) is 1. The van der Waals surface area contributed by atoms with Crippen LogP contribution in [0.2, 0.25) is 0 Å². The zero-order valence-electron chi connectivity index (χ0n) is 9.81. The van der Waals surface area contributed by atoms with E-state index in [4.69, 9.17) is 10.6 Å². The molecule has 0 fully saturated rings. The Hall–Kier alpha value is -2.00. The van der Waals surface area contributed by atoms with E-state index < -0.39 is 0 Å². The molecule has 3 heteroatoms. The highest BCUT2D eigenvalue weighted by molar-refractivity contribution is 5.47. The van der Waals surface area contributed by atoms with Crippen LogP contribution in [0.3, 0.4) is 0 Å². The Bertz CT molecular complexity index is 497. The number of aryl methyl sites for hydroxylation is 1. The lowest BCUT2D eigenvalue weighted by molar-refractivity contribution is 0.306. The van der Waals surface area contributed by atoms with Gasteiger partial charge in [-0.3, -0.25) is 5.84 Å². The Morgan fingerprint density at radius 3 is 2.71 bits per heavy atom. The van der Waals surface area contributed by atoms with Crippen LogP contribution in [0.4, 0.5) is 5.69 Å². The second kappa shape index (κ2) is 5.37. The second-order valence-corrected chi connectivity index (χ2v) is 3.95. The molecule has 2 aromatic carbocycles. The highest BCUT2D eigenvalue weighted by Crippen LogP contribution is 2.17. The van der Waals surface area contributed by atoms with Crippen LogP contribution in [0.15, 0.2) is 48.5 Å². The maximum Gasteiger partial charge on any atom is 0.121 e. The van der Waals surface area contributed by atoms with Crippen LogP contribution in [0.5, 0.6) is 5.75 Å². The summed E-state index contributed by atoms with van der Waals surface area (Å²) in [6.45, 7) is 2.64.